The molecule has 2 aromatic rings. The molecule has 18 heavy (non-hydrogen) atoms. The maximum absolute atomic E-state index is 12.8. The van der Waals surface area contributed by atoms with E-state index in [4.69, 9.17) is 0 Å². The van der Waals surface area contributed by atoms with Crippen LogP contribution < -0.4 is 5.32 Å². The first-order chi connectivity index (χ1) is 8.65. The molecule has 0 heterocycles. The molecule has 0 saturated heterocycles. The second-order valence-corrected chi connectivity index (χ2v) is 5.20. The standard InChI is InChI=1S/C15H15BrFN/c1-11(13-3-2-4-14(16)9-13)18-10-12-5-7-15(17)8-6-12/h2-9,11,18H,10H2,1H3/t11-/m0/s1. The molecule has 0 saturated carbocycles. The Morgan fingerprint density at radius 1 is 1.17 bits per heavy atom. The van der Waals surface area contributed by atoms with Crippen molar-refractivity contribution in [1.82, 2.24) is 5.32 Å². The third-order valence-electron chi connectivity index (χ3n) is 2.87. The molecule has 2 rings (SSSR count). The molecular weight excluding hydrogens is 293 g/mol. The summed E-state index contributed by atoms with van der Waals surface area (Å²) in [6.45, 7) is 2.85. The molecule has 1 atom stereocenters. The van der Waals surface area contributed by atoms with Gasteiger partial charge in [-0.25, -0.2) is 4.39 Å². The smallest absolute Gasteiger partial charge is 0.123 e. The normalized spacial score (nSPS) is 12.4. The van der Waals surface area contributed by atoms with Gasteiger partial charge < -0.3 is 5.32 Å². The summed E-state index contributed by atoms with van der Waals surface area (Å²) in [6.07, 6.45) is 0. The predicted molar refractivity (Wildman–Crippen MR) is 75.8 cm³/mol. The molecule has 0 spiro atoms. The highest BCUT2D eigenvalue weighted by atomic mass is 79.9. The van der Waals surface area contributed by atoms with Crippen molar-refractivity contribution in [2.75, 3.05) is 0 Å². The maximum Gasteiger partial charge on any atom is 0.123 e. The molecule has 0 bridgehead atoms. The van der Waals surface area contributed by atoms with Gasteiger partial charge in [-0.2, -0.15) is 0 Å². The summed E-state index contributed by atoms with van der Waals surface area (Å²) in [5, 5.41) is 3.42. The number of hydrogen-bond donors (Lipinski definition) is 1. The van der Waals surface area contributed by atoms with Crippen molar-refractivity contribution in [2.45, 2.75) is 19.5 Å². The lowest BCUT2D eigenvalue weighted by Crippen LogP contribution is -2.18. The van der Waals surface area contributed by atoms with E-state index in [-0.39, 0.29) is 11.9 Å². The lowest BCUT2D eigenvalue weighted by atomic mass is 10.1. The Labute approximate surface area is 115 Å². The summed E-state index contributed by atoms with van der Waals surface area (Å²) >= 11 is 3.46. The quantitative estimate of drug-likeness (QED) is 0.880. The number of nitrogens with one attached hydrogen (secondary N) is 1. The van der Waals surface area contributed by atoms with Crippen molar-refractivity contribution in [3.63, 3.8) is 0 Å². The molecule has 0 aliphatic rings. The van der Waals surface area contributed by atoms with Crippen LogP contribution in [0.2, 0.25) is 0 Å². The van der Waals surface area contributed by atoms with Crippen molar-refractivity contribution < 1.29 is 4.39 Å². The first-order valence-electron chi connectivity index (χ1n) is 5.88. The molecule has 0 unspecified atom stereocenters. The molecule has 1 N–H and O–H groups in total. The van der Waals surface area contributed by atoms with Gasteiger partial charge in [0.1, 0.15) is 5.82 Å². The second-order valence-electron chi connectivity index (χ2n) is 4.28. The van der Waals surface area contributed by atoms with Crippen molar-refractivity contribution in [1.29, 1.82) is 0 Å². The first-order valence-corrected chi connectivity index (χ1v) is 6.68. The van der Waals surface area contributed by atoms with E-state index >= 15 is 0 Å². The van der Waals surface area contributed by atoms with Gasteiger partial charge in [-0.1, -0.05) is 40.2 Å². The van der Waals surface area contributed by atoms with Gasteiger partial charge in [-0.3, -0.25) is 0 Å². The third-order valence-corrected chi connectivity index (χ3v) is 3.37. The van der Waals surface area contributed by atoms with Crippen molar-refractivity contribution >= 4 is 15.9 Å². The van der Waals surface area contributed by atoms with E-state index in [1.807, 2.05) is 12.1 Å². The summed E-state index contributed by atoms with van der Waals surface area (Å²) < 4.78 is 13.8. The lowest BCUT2D eigenvalue weighted by molar-refractivity contribution is 0.572. The summed E-state index contributed by atoms with van der Waals surface area (Å²) in [4.78, 5) is 0. The van der Waals surface area contributed by atoms with Crippen LogP contribution in [0.4, 0.5) is 4.39 Å². The van der Waals surface area contributed by atoms with Crippen molar-refractivity contribution in [3.8, 4) is 0 Å². The fourth-order valence-electron chi connectivity index (χ4n) is 1.77. The summed E-state index contributed by atoms with van der Waals surface area (Å²) in [5.41, 5.74) is 2.31. The summed E-state index contributed by atoms with van der Waals surface area (Å²) in [7, 11) is 0. The summed E-state index contributed by atoms with van der Waals surface area (Å²) in [6, 6.07) is 15.1. The van der Waals surface area contributed by atoms with E-state index in [2.05, 4.69) is 40.3 Å². The van der Waals surface area contributed by atoms with Gasteiger partial charge in [-0.05, 0) is 42.3 Å². The van der Waals surface area contributed by atoms with Crippen LogP contribution in [0.3, 0.4) is 0 Å². The molecule has 0 aliphatic heterocycles. The van der Waals surface area contributed by atoms with Crippen LogP contribution in [0.25, 0.3) is 0 Å². The van der Waals surface area contributed by atoms with E-state index in [0.29, 0.717) is 0 Å². The van der Waals surface area contributed by atoms with Gasteiger partial charge in [0.25, 0.3) is 0 Å². The average molecular weight is 308 g/mol. The highest BCUT2D eigenvalue weighted by Gasteiger charge is 2.05. The Kier molecular flexibility index (Phi) is 4.50. The largest absolute Gasteiger partial charge is 0.306 e. The molecule has 0 radical (unpaired) electrons. The van der Waals surface area contributed by atoms with Gasteiger partial charge in [0, 0.05) is 17.1 Å². The maximum atomic E-state index is 12.8. The van der Waals surface area contributed by atoms with Crippen LogP contribution in [0, 0.1) is 5.82 Å². The minimum Gasteiger partial charge on any atom is -0.306 e. The molecule has 0 amide bonds. The number of benzene rings is 2. The zero-order chi connectivity index (χ0) is 13.0. The second kappa shape index (κ2) is 6.12. The SMILES string of the molecule is C[C@H](NCc1ccc(F)cc1)c1cccc(Br)c1. The van der Waals surface area contributed by atoms with Gasteiger partial charge in [-0.15, -0.1) is 0 Å². The van der Waals surface area contributed by atoms with Crippen LogP contribution in [0.15, 0.2) is 53.0 Å². The monoisotopic (exact) mass is 307 g/mol. The van der Waals surface area contributed by atoms with Crippen molar-refractivity contribution in [2.24, 2.45) is 0 Å². The zero-order valence-corrected chi connectivity index (χ0v) is 11.7. The Balaban J connectivity index is 1.96. The minimum atomic E-state index is -0.196. The predicted octanol–water partition coefficient (Wildman–Crippen LogP) is 4.44. The number of hydrogen-bond acceptors (Lipinski definition) is 1. The van der Waals surface area contributed by atoms with E-state index < -0.39 is 0 Å². The Morgan fingerprint density at radius 3 is 2.56 bits per heavy atom. The molecule has 0 fully saturated rings. The van der Waals surface area contributed by atoms with Gasteiger partial charge in [0.2, 0.25) is 0 Å². The van der Waals surface area contributed by atoms with Gasteiger partial charge in [0.05, 0.1) is 0 Å². The van der Waals surface area contributed by atoms with E-state index in [9.17, 15) is 4.39 Å². The van der Waals surface area contributed by atoms with Crippen LogP contribution in [0.1, 0.15) is 24.1 Å². The Hall–Kier alpha value is -1.19. The summed E-state index contributed by atoms with van der Waals surface area (Å²) in [5.74, 6) is -0.196. The molecule has 94 valence electrons. The van der Waals surface area contributed by atoms with Crippen molar-refractivity contribution in [3.05, 3.63) is 69.9 Å². The Bertz CT molecular complexity index is 510. The molecule has 0 aromatic heterocycles. The fourth-order valence-corrected chi connectivity index (χ4v) is 2.18. The van der Waals surface area contributed by atoms with E-state index in [1.165, 1.54) is 17.7 Å². The first kappa shape index (κ1) is 13.2. The van der Waals surface area contributed by atoms with Crippen LogP contribution in [-0.2, 0) is 6.54 Å². The average Bonchev–Trinajstić information content (AvgIpc) is 2.38. The topological polar surface area (TPSA) is 12.0 Å². The lowest BCUT2D eigenvalue weighted by Gasteiger charge is -2.14. The van der Waals surface area contributed by atoms with E-state index in [1.54, 1.807) is 12.1 Å². The molecular formula is C15H15BrFN. The highest BCUT2D eigenvalue weighted by molar-refractivity contribution is 9.10. The van der Waals surface area contributed by atoms with E-state index in [0.717, 1.165) is 16.6 Å². The highest BCUT2D eigenvalue weighted by Crippen LogP contribution is 2.18. The Morgan fingerprint density at radius 2 is 1.89 bits per heavy atom. The number of halogens is 2. The van der Waals surface area contributed by atoms with Crippen LogP contribution in [0.5, 0.6) is 0 Å². The molecule has 3 heteroatoms. The van der Waals surface area contributed by atoms with Crippen LogP contribution >= 0.6 is 15.9 Å². The molecule has 0 aliphatic carbocycles. The third kappa shape index (κ3) is 3.65. The molecule has 2 aromatic carbocycles. The number of rotatable bonds is 4. The van der Waals surface area contributed by atoms with Crippen LogP contribution in [-0.4, -0.2) is 0 Å². The van der Waals surface area contributed by atoms with Gasteiger partial charge in [0.15, 0.2) is 0 Å². The zero-order valence-electron chi connectivity index (χ0n) is 10.2. The minimum absolute atomic E-state index is 0.196. The molecule has 1 nitrogen and oxygen atoms in total. The van der Waals surface area contributed by atoms with Gasteiger partial charge >= 0.3 is 0 Å². The fraction of sp³-hybridized carbons (Fsp3) is 0.200.